The second-order valence-corrected chi connectivity index (χ2v) is 17.9. The zero-order valence-electron chi connectivity index (χ0n) is 40.2. The first kappa shape index (κ1) is 52.3. The van der Waals surface area contributed by atoms with E-state index in [4.69, 9.17) is 4.74 Å². The summed E-state index contributed by atoms with van der Waals surface area (Å²) in [7, 11) is 0. The molecule has 0 spiro atoms. The molecule has 0 N–H and O–H groups in total. The van der Waals surface area contributed by atoms with Crippen LogP contribution in [0.1, 0.15) is 133 Å². The first-order chi connectivity index (χ1) is 31.2. The van der Waals surface area contributed by atoms with E-state index in [2.05, 4.69) is 190 Å². The third-order valence-corrected chi connectivity index (χ3v) is 11.5. The van der Waals surface area contributed by atoms with E-state index in [0.717, 1.165) is 23.8 Å². The Morgan fingerprint density at radius 2 is 0.742 bits per heavy atom. The summed E-state index contributed by atoms with van der Waals surface area (Å²) in [5, 5.41) is 0. The Morgan fingerprint density at radius 3 is 1.06 bits per heavy atom. The monoisotopic (exact) mass is 883 g/mol. The maximum atomic E-state index is 13.1. The molecule has 0 saturated carbocycles. The van der Waals surface area contributed by atoms with Gasteiger partial charge in [-0.15, -0.1) is 0 Å². The average Bonchev–Trinajstić information content (AvgIpc) is 3.86. The Hall–Kier alpha value is -6.32. The van der Waals surface area contributed by atoms with Gasteiger partial charge in [0.25, 0.3) is 0 Å². The van der Waals surface area contributed by atoms with E-state index in [-0.39, 0.29) is 7.43 Å². The normalized spacial score (nSPS) is 11.5. The molecule has 0 fully saturated rings. The van der Waals surface area contributed by atoms with Crippen LogP contribution in [0.2, 0.25) is 0 Å². The van der Waals surface area contributed by atoms with Gasteiger partial charge in [-0.25, -0.2) is 8.78 Å². The first-order valence-corrected chi connectivity index (χ1v) is 23.2. The highest BCUT2D eigenvalue weighted by Gasteiger charge is 2.07. The lowest BCUT2D eigenvalue weighted by Crippen LogP contribution is -1.90. The van der Waals surface area contributed by atoms with Crippen LogP contribution in [0.3, 0.4) is 0 Å². The molecule has 344 valence electrons. The molecular formula is C63H72F2O. The highest BCUT2D eigenvalue weighted by atomic mass is 19.1. The summed E-state index contributed by atoms with van der Waals surface area (Å²) in [5.74, 6) is 2.10. The van der Waals surface area contributed by atoms with Gasteiger partial charge >= 0.3 is 0 Å². The summed E-state index contributed by atoms with van der Waals surface area (Å²) in [6, 6.07) is 54.8. The zero-order chi connectivity index (χ0) is 46.9. The van der Waals surface area contributed by atoms with Crippen molar-refractivity contribution in [2.45, 2.75) is 107 Å². The number of hydrogen-bond donors (Lipinski definition) is 0. The van der Waals surface area contributed by atoms with Crippen molar-refractivity contribution in [3.8, 4) is 39.1 Å². The molecule has 0 saturated heterocycles. The highest BCUT2D eigenvalue weighted by Crippen LogP contribution is 2.28. The van der Waals surface area contributed by atoms with Crippen molar-refractivity contribution < 1.29 is 13.5 Å². The number of allylic oxidation sites excluding steroid dienone is 4. The fourth-order valence-corrected chi connectivity index (χ4v) is 7.29. The maximum Gasteiger partial charge on any atom is 0.126 e. The second kappa shape index (κ2) is 26.0. The molecular weight excluding hydrogens is 811 g/mol. The van der Waals surface area contributed by atoms with Crippen molar-refractivity contribution in [3.05, 3.63) is 227 Å². The van der Waals surface area contributed by atoms with Gasteiger partial charge in [0.1, 0.15) is 17.4 Å². The molecule has 0 aliphatic heterocycles. The van der Waals surface area contributed by atoms with E-state index in [1.54, 1.807) is 0 Å². The van der Waals surface area contributed by atoms with E-state index in [1.165, 1.54) is 73.3 Å². The Morgan fingerprint density at radius 1 is 0.424 bits per heavy atom. The summed E-state index contributed by atoms with van der Waals surface area (Å²) in [4.78, 5) is 0. The van der Waals surface area contributed by atoms with E-state index in [1.807, 2.05) is 43.3 Å². The van der Waals surface area contributed by atoms with Crippen molar-refractivity contribution >= 4 is 5.57 Å². The Balaban J connectivity index is 0.000000192. The lowest BCUT2D eigenvalue weighted by molar-refractivity contribution is 0.340. The van der Waals surface area contributed by atoms with E-state index < -0.39 is 11.6 Å². The molecule has 66 heavy (non-hydrogen) atoms. The summed E-state index contributed by atoms with van der Waals surface area (Å²) in [6.07, 6.45) is 7.75. The van der Waals surface area contributed by atoms with Crippen LogP contribution in [0, 0.1) is 18.6 Å². The van der Waals surface area contributed by atoms with Gasteiger partial charge in [0.15, 0.2) is 0 Å². The first-order valence-electron chi connectivity index (χ1n) is 23.2. The number of hydrogen-bond acceptors (Lipinski definition) is 1. The van der Waals surface area contributed by atoms with E-state index in [0.29, 0.717) is 35.8 Å². The minimum Gasteiger partial charge on any atom is -0.494 e. The molecule has 0 atom stereocenters. The topological polar surface area (TPSA) is 9.23 Å². The van der Waals surface area contributed by atoms with Gasteiger partial charge < -0.3 is 4.74 Å². The van der Waals surface area contributed by atoms with Crippen molar-refractivity contribution in [2.24, 2.45) is 0 Å². The standard InChI is InChI=1S/C17H20O.C16H18.C15H14F2.C14H16.CH4/c1-4-18-17-11-9-16(10-12-17)15-7-5-14(6-8-15)13(2)3;1-12(2)14-8-10-16(11-9-14)15-6-4-13(3)5-7-15;1-10(2)11-3-5-12(6-4-11)13-7-14(16)9-15(17)8-13;1-11(2)12-7-9-14(10-8-12)13-5-3-4-6-13;/h5-13H,4H2,1-3H3;4-12H,1-3H3;3-10H,1-2H3;3,5-11H,4H2,1-2H3;1H4. The summed E-state index contributed by atoms with van der Waals surface area (Å²) < 4.78 is 31.6. The van der Waals surface area contributed by atoms with Crippen molar-refractivity contribution in [2.75, 3.05) is 6.61 Å². The predicted octanol–water partition coefficient (Wildman–Crippen LogP) is 19.2. The largest absolute Gasteiger partial charge is 0.494 e. The summed E-state index contributed by atoms with van der Waals surface area (Å²) in [6.45, 7) is 22.4. The van der Waals surface area contributed by atoms with Gasteiger partial charge in [0.05, 0.1) is 6.61 Å². The molecule has 8 rings (SSSR count). The van der Waals surface area contributed by atoms with Crippen LogP contribution in [0.25, 0.3) is 39.0 Å². The van der Waals surface area contributed by atoms with Crippen LogP contribution < -0.4 is 4.74 Å². The van der Waals surface area contributed by atoms with Crippen LogP contribution >= 0.6 is 0 Å². The van der Waals surface area contributed by atoms with Crippen LogP contribution in [0.15, 0.2) is 182 Å². The SMILES string of the molecule is C.CC(C)c1ccc(-c2cc(F)cc(F)c2)cc1.CC(C)c1ccc(C2=CCC=C2)cc1.CCOc1ccc(-c2ccc(C(C)C)cc2)cc1.Cc1ccc(-c2ccc(C(C)C)cc2)cc1. The molecule has 0 radical (unpaired) electrons. The molecule has 1 nitrogen and oxygen atoms in total. The smallest absolute Gasteiger partial charge is 0.126 e. The fraction of sp³-hybridized carbons (Fsp3) is 0.270. The average molecular weight is 883 g/mol. The van der Waals surface area contributed by atoms with Crippen LogP contribution in [-0.2, 0) is 0 Å². The molecule has 0 heterocycles. The van der Waals surface area contributed by atoms with E-state index in [9.17, 15) is 8.78 Å². The molecule has 3 heteroatoms. The minimum atomic E-state index is -0.548. The van der Waals surface area contributed by atoms with Gasteiger partial charge in [-0.3, -0.25) is 0 Å². The number of aryl methyl sites for hydroxylation is 1. The number of rotatable bonds is 10. The Labute approximate surface area is 397 Å². The quantitative estimate of drug-likeness (QED) is 0.133. The third-order valence-electron chi connectivity index (χ3n) is 11.5. The summed E-state index contributed by atoms with van der Waals surface area (Å²) >= 11 is 0. The van der Waals surface area contributed by atoms with Gasteiger partial charge in [0.2, 0.25) is 0 Å². The fourth-order valence-electron chi connectivity index (χ4n) is 7.29. The Kier molecular flexibility index (Phi) is 20.6. The number of benzene rings is 7. The van der Waals surface area contributed by atoms with Crippen LogP contribution in [-0.4, -0.2) is 6.61 Å². The van der Waals surface area contributed by atoms with E-state index >= 15 is 0 Å². The predicted molar refractivity (Wildman–Crippen MR) is 283 cm³/mol. The number of halogens is 2. The van der Waals surface area contributed by atoms with Crippen molar-refractivity contribution in [1.82, 2.24) is 0 Å². The molecule has 7 aromatic carbocycles. The van der Waals surface area contributed by atoms with Crippen LogP contribution in [0.4, 0.5) is 8.78 Å². The molecule has 1 aliphatic rings. The molecule has 7 aromatic rings. The highest BCUT2D eigenvalue weighted by molar-refractivity contribution is 5.76. The molecule has 0 amide bonds. The second-order valence-electron chi connectivity index (χ2n) is 17.9. The lowest BCUT2D eigenvalue weighted by atomic mass is 9.98. The number of ether oxygens (including phenoxy) is 1. The van der Waals surface area contributed by atoms with Gasteiger partial charge in [-0.1, -0.05) is 220 Å². The lowest BCUT2D eigenvalue weighted by Gasteiger charge is -2.08. The minimum absolute atomic E-state index is 0. The maximum absolute atomic E-state index is 13.1. The Bertz CT molecular complexity index is 2520. The molecule has 0 unspecified atom stereocenters. The van der Waals surface area contributed by atoms with Crippen molar-refractivity contribution in [3.63, 3.8) is 0 Å². The molecule has 0 bridgehead atoms. The van der Waals surface area contributed by atoms with Gasteiger partial charge in [-0.2, -0.15) is 0 Å². The third kappa shape index (κ3) is 16.0. The van der Waals surface area contributed by atoms with Gasteiger partial charge in [-0.05, 0) is 135 Å². The summed E-state index contributed by atoms with van der Waals surface area (Å²) in [5.41, 5.74) is 15.9. The van der Waals surface area contributed by atoms with Gasteiger partial charge in [0, 0.05) is 6.07 Å². The van der Waals surface area contributed by atoms with Crippen LogP contribution in [0.5, 0.6) is 5.75 Å². The van der Waals surface area contributed by atoms with Crippen molar-refractivity contribution in [1.29, 1.82) is 0 Å². The molecule has 0 aromatic heterocycles. The molecule has 1 aliphatic carbocycles. The zero-order valence-corrected chi connectivity index (χ0v) is 40.2.